The molecule has 1 atom stereocenters. The van der Waals surface area contributed by atoms with Crippen LogP contribution >= 0.6 is 0 Å². The van der Waals surface area contributed by atoms with Crippen molar-refractivity contribution < 1.29 is 18.3 Å². The number of esters is 1. The highest BCUT2D eigenvalue weighted by Crippen LogP contribution is 2.44. The minimum Gasteiger partial charge on any atom is -0.456 e. The maximum absolute atomic E-state index is 13.4. The number of carbonyl (C=O) groups is 1. The third-order valence-electron chi connectivity index (χ3n) is 8.26. The second-order valence-electron chi connectivity index (χ2n) is 12.9. The molecule has 0 radical (unpaired) electrons. The molecule has 4 aromatic rings. The van der Waals surface area contributed by atoms with Gasteiger partial charge in [0.05, 0.1) is 16.9 Å². The van der Waals surface area contributed by atoms with Crippen molar-refractivity contribution >= 4 is 45.5 Å². The van der Waals surface area contributed by atoms with Gasteiger partial charge in [0, 0.05) is 10.9 Å². The van der Waals surface area contributed by atoms with Crippen LogP contribution in [0.2, 0.25) is 0 Å². The van der Waals surface area contributed by atoms with E-state index in [1.54, 1.807) is 10.4 Å². The van der Waals surface area contributed by atoms with E-state index in [0.717, 1.165) is 68.2 Å². The SMILES string of the molecule is CCCCCCC=Cc1cc(-c2cccc(C(=O)OC(C)(C)C)c2)c2ccccc2c1N(c1c(C)c(C)cc(C)c1C)S(=O)O. The largest absolute Gasteiger partial charge is 0.456 e. The van der Waals surface area contributed by atoms with Crippen molar-refractivity contribution in [2.45, 2.75) is 93.1 Å². The van der Waals surface area contributed by atoms with Crippen molar-refractivity contribution in [2.24, 2.45) is 0 Å². The lowest BCUT2D eigenvalue weighted by Gasteiger charge is -2.29. The van der Waals surface area contributed by atoms with Gasteiger partial charge >= 0.3 is 5.97 Å². The minimum atomic E-state index is -2.35. The molecule has 1 N–H and O–H groups in total. The number of fused-ring (bicyclic) bond motifs is 1. The van der Waals surface area contributed by atoms with Crippen molar-refractivity contribution in [3.63, 3.8) is 0 Å². The fourth-order valence-electron chi connectivity index (χ4n) is 5.79. The van der Waals surface area contributed by atoms with E-state index in [4.69, 9.17) is 4.74 Å². The van der Waals surface area contributed by atoms with E-state index in [0.29, 0.717) is 11.3 Å². The predicted octanol–water partition coefficient (Wildman–Crippen LogP) is 11.0. The molecule has 1 unspecified atom stereocenters. The molecule has 0 aromatic heterocycles. The van der Waals surface area contributed by atoms with Gasteiger partial charge in [-0.15, -0.1) is 0 Å². The summed E-state index contributed by atoms with van der Waals surface area (Å²) in [5.41, 5.74) is 8.00. The normalized spacial score (nSPS) is 12.6. The molecular formula is C39H47NO4S. The summed E-state index contributed by atoms with van der Waals surface area (Å²) in [4.78, 5) is 13.0. The number of ether oxygens (including phenoxy) is 1. The number of benzene rings is 4. The molecule has 45 heavy (non-hydrogen) atoms. The van der Waals surface area contributed by atoms with Crippen LogP contribution in [0.25, 0.3) is 28.0 Å². The Balaban J connectivity index is 2.00. The summed E-state index contributed by atoms with van der Waals surface area (Å²) in [6, 6.07) is 19.7. The summed E-state index contributed by atoms with van der Waals surface area (Å²) in [6.07, 6.45) is 9.81. The fourth-order valence-corrected chi connectivity index (χ4v) is 6.58. The first-order valence-corrected chi connectivity index (χ1v) is 16.9. The standard InChI is InChI=1S/C39H47NO4S/c1-9-10-11-12-13-14-18-31-25-35(30-19-17-20-32(24-30)38(41)44-39(6,7)8)33-21-15-16-22-34(33)37(31)40(45(42)43)36-28(4)26(2)23-27(3)29(36)5/h14-25H,9-13H2,1-8H3,(H,42,43). The van der Waals surface area contributed by atoms with E-state index in [1.165, 1.54) is 19.3 Å². The first-order valence-electron chi connectivity index (χ1n) is 15.9. The fraction of sp³-hybridized carbons (Fsp3) is 0.359. The molecule has 0 bridgehead atoms. The lowest BCUT2D eigenvalue weighted by atomic mass is 9.92. The van der Waals surface area contributed by atoms with Gasteiger partial charge in [0.1, 0.15) is 5.60 Å². The number of anilines is 2. The molecule has 238 valence electrons. The van der Waals surface area contributed by atoms with Crippen molar-refractivity contribution in [3.8, 4) is 11.1 Å². The summed E-state index contributed by atoms with van der Waals surface area (Å²) >= 11 is -2.35. The predicted molar refractivity (Wildman–Crippen MR) is 191 cm³/mol. The minimum absolute atomic E-state index is 0.375. The Morgan fingerprint density at radius 2 is 1.53 bits per heavy atom. The van der Waals surface area contributed by atoms with Crippen LogP contribution in [0.15, 0.2) is 66.7 Å². The van der Waals surface area contributed by atoms with Gasteiger partial charge in [-0.2, -0.15) is 0 Å². The van der Waals surface area contributed by atoms with E-state index < -0.39 is 16.9 Å². The third-order valence-corrected chi connectivity index (χ3v) is 8.94. The first kappa shape index (κ1) is 34.1. The van der Waals surface area contributed by atoms with Crippen molar-refractivity contribution in [1.82, 2.24) is 0 Å². The Kier molecular flexibility index (Phi) is 11.1. The third kappa shape index (κ3) is 7.92. The van der Waals surface area contributed by atoms with Crippen LogP contribution in [-0.2, 0) is 16.0 Å². The van der Waals surface area contributed by atoms with Crippen LogP contribution in [0.3, 0.4) is 0 Å². The maximum atomic E-state index is 13.4. The topological polar surface area (TPSA) is 66.8 Å². The Hall–Kier alpha value is -3.74. The Morgan fingerprint density at radius 3 is 2.16 bits per heavy atom. The van der Waals surface area contributed by atoms with Crippen molar-refractivity contribution in [1.29, 1.82) is 0 Å². The molecular weight excluding hydrogens is 578 g/mol. The molecule has 6 heteroatoms. The average Bonchev–Trinajstić information content (AvgIpc) is 2.99. The number of aryl methyl sites for hydroxylation is 2. The highest BCUT2D eigenvalue weighted by Gasteiger charge is 2.27. The number of allylic oxidation sites excluding steroid dienone is 1. The molecule has 4 rings (SSSR count). The maximum Gasteiger partial charge on any atom is 0.338 e. The molecule has 0 spiro atoms. The molecule has 0 aliphatic heterocycles. The number of hydrogen-bond donors (Lipinski definition) is 1. The summed E-state index contributed by atoms with van der Waals surface area (Å²) in [6.45, 7) is 15.9. The Bertz CT molecular complexity index is 1720. The summed E-state index contributed by atoms with van der Waals surface area (Å²) in [7, 11) is 0. The number of nitrogens with zero attached hydrogens (tertiary/aromatic N) is 1. The van der Waals surface area contributed by atoms with Crippen LogP contribution in [0.1, 0.15) is 98.0 Å². The highest BCUT2D eigenvalue weighted by atomic mass is 32.2. The van der Waals surface area contributed by atoms with E-state index in [1.807, 2.05) is 90.9 Å². The van der Waals surface area contributed by atoms with E-state index in [-0.39, 0.29) is 5.97 Å². The quantitative estimate of drug-likeness (QED) is 0.102. The Labute approximate surface area is 271 Å². The van der Waals surface area contributed by atoms with Gasteiger partial charge in [-0.1, -0.05) is 80.8 Å². The van der Waals surface area contributed by atoms with E-state index in [9.17, 15) is 13.6 Å². The molecule has 0 saturated carbocycles. The Morgan fingerprint density at radius 1 is 0.867 bits per heavy atom. The number of unbranched alkanes of at least 4 members (excludes halogenated alkanes) is 4. The second-order valence-corrected chi connectivity index (χ2v) is 13.7. The zero-order valence-corrected chi connectivity index (χ0v) is 28.8. The van der Waals surface area contributed by atoms with Crippen molar-refractivity contribution in [3.05, 3.63) is 100 Å². The molecule has 5 nitrogen and oxygen atoms in total. The molecule has 4 aromatic carbocycles. The average molecular weight is 626 g/mol. The lowest BCUT2D eigenvalue weighted by Crippen LogP contribution is -2.24. The number of rotatable bonds is 11. The number of carbonyl (C=O) groups excluding carboxylic acids is 1. The van der Waals surface area contributed by atoms with Crippen LogP contribution < -0.4 is 4.31 Å². The molecule has 0 amide bonds. The highest BCUT2D eigenvalue weighted by molar-refractivity contribution is 7.81. The van der Waals surface area contributed by atoms with Crippen LogP contribution in [-0.4, -0.2) is 20.3 Å². The van der Waals surface area contributed by atoms with Crippen LogP contribution in [0, 0.1) is 27.7 Å². The van der Waals surface area contributed by atoms with Crippen molar-refractivity contribution in [2.75, 3.05) is 4.31 Å². The summed E-state index contributed by atoms with van der Waals surface area (Å²) in [5, 5.41) is 1.77. The molecule has 0 aliphatic carbocycles. The van der Waals surface area contributed by atoms with Crippen LogP contribution in [0.4, 0.5) is 11.4 Å². The number of hydrogen-bond acceptors (Lipinski definition) is 3. The van der Waals surface area contributed by atoms with Gasteiger partial charge in [-0.3, -0.25) is 4.55 Å². The van der Waals surface area contributed by atoms with Crippen LogP contribution in [0.5, 0.6) is 0 Å². The lowest BCUT2D eigenvalue weighted by molar-refractivity contribution is 0.00695. The van der Waals surface area contributed by atoms with E-state index in [2.05, 4.69) is 31.2 Å². The zero-order valence-electron chi connectivity index (χ0n) is 28.0. The van der Waals surface area contributed by atoms with Gasteiger partial charge < -0.3 is 4.74 Å². The molecule has 0 aliphatic rings. The monoisotopic (exact) mass is 625 g/mol. The molecule has 0 heterocycles. The van der Waals surface area contributed by atoms with Gasteiger partial charge in [0.2, 0.25) is 0 Å². The second kappa shape index (κ2) is 14.6. The zero-order chi connectivity index (χ0) is 32.9. The van der Waals surface area contributed by atoms with Gasteiger partial charge in [0.25, 0.3) is 11.3 Å². The van der Waals surface area contributed by atoms with Gasteiger partial charge in [-0.25, -0.2) is 13.3 Å². The summed E-state index contributed by atoms with van der Waals surface area (Å²) in [5.74, 6) is -0.375. The molecule has 0 fully saturated rings. The molecule has 0 saturated heterocycles. The van der Waals surface area contributed by atoms with Gasteiger partial charge in [-0.05, 0) is 118 Å². The van der Waals surface area contributed by atoms with Gasteiger partial charge in [0.15, 0.2) is 0 Å². The first-order chi connectivity index (χ1) is 21.3. The summed E-state index contributed by atoms with van der Waals surface area (Å²) < 4.78 is 31.7. The smallest absolute Gasteiger partial charge is 0.338 e. The van der Waals surface area contributed by atoms with E-state index >= 15 is 0 Å².